The zero-order valence-electron chi connectivity index (χ0n) is 6.12. The lowest BCUT2D eigenvalue weighted by molar-refractivity contribution is 1.15. The predicted molar refractivity (Wildman–Crippen MR) is 43.4 cm³/mol. The molecule has 2 aromatic rings. The van der Waals surface area contributed by atoms with E-state index in [1.807, 2.05) is 22.9 Å². The number of nitrogens with zero attached hydrogens (tertiary/aromatic N) is 2. The molecule has 3 nitrogen and oxygen atoms in total. The van der Waals surface area contributed by atoms with Gasteiger partial charge in [-0.15, -0.1) is 6.58 Å². The van der Waals surface area contributed by atoms with Crippen LogP contribution < -0.4 is 0 Å². The van der Waals surface area contributed by atoms with Crippen molar-refractivity contribution in [1.29, 1.82) is 0 Å². The maximum absolute atomic E-state index is 4.09. The van der Waals surface area contributed by atoms with Gasteiger partial charge in [0.1, 0.15) is 0 Å². The molecule has 3 heteroatoms. The van der Waals surface area contributed by atoms with Crippen molar-refractivity contribution in [2.24, 2.45) is 0 Å². The standard InChI is InChI=1S/C8H9N3/c1-2-3-7-6-11-5-4-9-8(11)10-7/h2,4-6H,1,3H2,(H,9,10). The van der Waals surface area contributed by atoms with Gasteiger partial charge in [-0.1, -0.05) is 6.08 Å². The van der Waals surface area contributed by atoms with Crippen molar-refractivity contribution in [3.63, 3.8) is 0 Å². The van der Waals surface area contributed by atoms with Crippen molar-refractivity contribution in [1.82, 2.24) is 14.4 Å². The van der Waals surface area contributed by atoms with Gasteiger partial charge in [-0.2, -0.15) is 0 Å². The highest BCUT2D eigenvalue weighted by molar-refractivity contribution is 5.30. The molecule has 2 rings (SSSR count). The van der Waals surface area contributed by atoms with E-state index in [0.717, 1.165) is 17.9 Å². The summed E-state index contributed by atoms with van der Waals surface area (Å²) < 4.78 is 1.96. The van der Waals surface area contributed by atoms with Crippen LogP contribution >= 0.6 is 0 Å². The van der Waals surface area contributed by atoms with E-state index in [4.69, 9.17) is 0 Å². The minimum Gasteiger partial charge on any atom is -0.327 e. The van der Waals surface area contributed by atoms with E-state index in [1.165, 1.54) is 0 Å². The first-order valence-corrected chi connectivity index (χ1v) is 3.51. The Morgan fingerprint density at radius 2 is 2.64 bits per heavy atom. The smallest absolute Gasteiger partial charge is 0.211 e. The average molecular weight is 147 g/mol. The largest absolute Gasteiger partial charge is 0.327 e. The average Bonchev–Trinajstić information content (AvgIpc) is 2.46. The van der Waals surface area contributed by atoms with Gasteiger partial charge in [-0.25, -0.2) is 4.98 Å². The Kier molecular flexibility index (Phi) is 1.28. The fourth-order valence-electron chi connectivity index (χ4n) is 1.12. The molecule has 2 heterocycles. The lowest BCUT2D eigenvalue weighted by atomic mass is 10.3. The monoisotopic (exact) mass is 147 g/mol. The van der Waals surface area contributed by atoms with Crippen molar-refractivity contribution in [2.45, 2.75) is 6.42 Å². The lowest BCUT2D eigenvalue weighted by Gasteiger charge is -1.83. The molecule has 0 aliphatic carbocycles. The summed E-state index contributed by atoms with van der Waals surface area (Å²) in [5.74, 6) is 0.891. The molecule has 1 N–H and O–H groups in total. The zero-order valence-corrected chi connectivity index (χ0v) is 6.12. The van der Waals surface area contributed by atoms with E-state index < -0.39 is 0 Å². The summed E-state index contributed by atoms with van der Waals surface area (Å²) in [6.07, 6.45) is 8.43. The lowest BCUT2D eigenvalue weighted by Crippen LogP contribution is -1.78. The number of H-pyrrole nitrogens is 1. The molecular weight excluding hydrogens is 138 g/mol. The summed E-state index contributed by atoms with van der Waals surface area (Å²) in [5, 5.41) is 0. The SMILES string of the molecule is C=CCc1cn2ccnc2[nH]1. The Bertz CT molecular complexity index is 341. The molecule has 0 unspecified atom stereocenters. The van der Waals surface area contributed by atoms with Crippen molar-refractivity contribution in [3.8, 4) is 0 Å². The van der Waals surface area contributed by atoms with Crippen LogP contribution in [0.2, 0.25) is 0 Å². The van der Waals surface area contributed by atoms with Gasteiger partial charge in [0.15, 0.2) is 0 Å². The van der Waals surface area contributed by atoms with Gasteiger partial charge >= 0.3 is 0 Å². The van der Waals surface area contributed by atoms with E-state index in [1.54, 1.807) is 6.20 Å². The fraction of sp³-hybridized carbons (Fsp3) is 0.125. The third kappa shape index (κ3) is 0.941. The summed E-state index contributed by atoms with van der Waals surface area (Å²) in [4.78, 5) is 7.25. The van der Waals surface area contributed by atoms with Crippen molar-refractivity contribution >= 4 is 5.78 Å². The molecule has 0 fully saturated rings. The minimum atomic E-state index is 0.864. The van der Waals surface area contributed by atoms with Gasteiger partial charge in [0.2, 0.25) is 5.78 Å². The predicted octanol–water partition coefficient (Wildman–Crippen LogP) is 1.39. The highest BCUT2D eigenvalue weighted by Crippen LogP contribution is 2.02. The third-order valence-electron chi connectivity index (χ3n) is 1.60. The second-order valence-electron chi connectivity index (χ2n) is 2.43. The third-order valence-corrected chi connectivity index (χ3v) is 1.60. The Morgan fingerprint density at radius 3 is 3.36 bits per heavy atom. The van der Waals surface area contributed by atoms with E-state index in [0.29, 0.717) is 0 Å². The minimum absolute atomic E-state index is 0.864. The summed E-state index contributed by atoms with van der Waals surface area (Å²) in [5.41, 5.74) is 1.14. The second-order valence-corrected chi connectivity index (χ2v) is 2.43. The normalized spacial score (nSPS) is 10.5. The van der Waals surface area contributed by atoms with Gasteiger partial charge in [0.25, 0.3) is 0 Å². The Hall–Kier alpha value is -1.51. The summed E-state index contributed by atoms with van der Waals surface area (Å²) >= 11 is 0. The molecule has 0 amide bonds. The van der Waals surface area contributed by atoms with Crippen LogP contribution in [0.1, 0.15) is 5.69 Å². The van der Waals surface area contributed by atoms with Crippen LogP contribution in [0.25, 0.3) is 5.78 Å². The van der Waals surface area contributed by atoms with Crippen LogP contribution in [-0.4, -0.2) is 14.4 Å². The molecule has 11 heavy (non-hydrogen) atoms. The number of aromatic nitrogens is 3. The Labute approximate surface area is 64.4 Å². The van der Waals surface area contributed by atoms with E-state index in [-0.39, 0.29) is 0 Å². The molecule has 0 saturated heterocycles. The first-order chi connectivity index (χ1) is 5.40. The number of rotatable bonds is 2. The molecule has 0 spiro atoms. The number of hydrogen-bond donors (Lipinski definition) is 1. The highest BCUT2D eigenvalue weighted by atomic mass is 15.1. The van der Waals surface area contributed by atoms with Gasteiger partial charge in [0.05, 0.1) is 0 Å². The van der Waals surface area contributed by atoms with E-state index >= 15 is 0 Å². The molecule has 0 aliphatic rings. The molecule has 0 atom stereocenters. The number of allylic oxidation sites excluding steroid dienone is 1. The topological polar surface area (TPSA) is 33.1 Å². The van der Waals surface area contributed by atoms with Crippen molar-refractivity contribution in [3.05, 3.63) is 36.9 Å². The molecule has 0 bridgehead atoms. The van der Waals surface area contributed by atoms with Gasteiger partial charge < -0.3 is 4.98 Å². The Morgan fingerprint density at radius 1 is 1.73 bits per heavy atom. The quantitative estimate of drug-likeness (QED) is 0.640. The van der Waals surface area contributed by atoms with E-state index in [2.05, 4.69) is 16.5 Å². The first-order valence-electron chi connectivity index (χ1n) is 3.51. The number of hydrogen-bond acceptors (Lipinski definition) is 1. The maximum atomic E-state index is 4.09. The summed E-state index contributed by atoms with van der Waals surface area (Å²) in [7, 11) is 0. The van der Waals surface area contributed by atoms with Gasteiger partial charge in [0, 0.05) is 30.7 Å². The van der Waals surface area contributed by atoms with Crippen LogP contribution in [-0.2, 0) is 6.42 Å². The molecule has 2 aromatic heterocycles. The molecule has 0 saturated carbocycles. The van der Waals surface area contributed by atoms with Crippen molar-refractivity contribution < 1.29 is 0 Å². The number of fused-ring (bicyclic) bond motifs is 1. The second kappa shape index (κ2) is 2.27. The van der Waals surface area contributed by atoms with Crippen LogP contribution in [0.15, 0.2) is 31.2 Å². The van der Waals surface area contributed by atoms with E-state index in [9.17, 15) is 0 Å². The number of aromatic amines is 1. The van der Waals surface area contributed by atoms with Crippen LogP contribution in [0, 0.1) is 0 Å². The molecule has 0 aromatic carbocycles. The number of nitrogens with one attached hydrogen (secondary N) is 1. The molecular formula is C8H9N3. The number of imidazole rings is 2. The van der Waals surface area contributed by atoms with Crippen LogP contribution in [0.5, 0.6) is 0 Å². The Balaban J connectivity index is 2.49. The van der Waals surface area contributed by atoms with Crippen LogP contribution in [0.3, 0.4) is 0 Å². The van der Waals surface area contributed by atoms with Gasteiger partial charge in [-0.05, 0) is 0 Å². The van der Waals surface area contributed by atoms with Crippen LogP contribution in [0.4, 0.5) is 0 Å². The highest BCUT2D eigenvalue weighted by Gasteiger charge is 1.97. The fourth-order valence-corrected chi connectivity index (χ4v) is 1.12. The first kappa shape index (κ1) is 6.22. The molecule has 0 aliphatic heterocycles. The maximum Gasteiger partial charge on any atom is 0.211 e. The van der Waals surface area contributed by atoms with Gasteiger partial charge in [-0.3, -0.25) is 4.40 Å². The van der Waals surface area contributed by atoms with Crippen molar-refractivity contribution in [2.75, 3.05) is 0 Å². The molecule has 56 valence electrons. The summed E-state index contributed by atoms with van der Waals surface area (Å²) in [6.45, 7) is 3.66. The summed E-state index contributed by atoms with van der Waals surface area (Å²) in [6, 6.07) is 0. The molecule has 0 radical (unpaired) electrons. The zero-order chi connectivity index (χ0) is 7.68.